The van der Waals surface area contributed by atoms with Crippen LogP contribution in [-0.4, -0.2) is 15.0 Å². The first kappa shape index (κ1) is 30.4. The van der Waals surface area contributed by atoms with E-state index >= 15 is 0 Å². The molecule has 2 aromatic heterocycles. The molecule has 8 aromatic carbocycles. The zero-order chi connectivity index (χ0) is 34.9. The van der Waals surface area contributed by atoms with Crippen LogP contribution in [0.25, 0.3) is 99.2 Å². The number of hydrogen-bond donors (Lipinski definition) is 0. The number of rotatable bonds is 4. The third kappa shape index (κ3) is 4.97. The van der Waals surface area contributed by atoms with Gasteiger partial charge in [0.1, 0.15) is 0 Å². The maximum atomic E-state index is 5.61. The van der Waals surface area contributed by atoms with Crippen molar-refractivity contribution in [3.63, 3.8) is 0 Å². The van der Waals surface area contributed by atoms with Gasteiger partial charge in [0.25, 0.3) is 0 Å². The molecule has 0 N–H and O–H groups in total. The molecule has 0 amide bonds. The van der Waals surface area contributed by atoms with E-state index in [1.54, 1.807) is 0 Å². The molecular weight excluding hydrogens is 757 g/mol. The van der Waals surface area contributed by atoms with Gasteiger partial charge in [-0.15, -0.1) is 0 Å². The van der Waals surface area contributed by atoms with Crippen LogP contribution in [0.1, 0.15) is 0 Å². The van der Waals surface area contributed by atoms with Gasteiger partial charge in [-0.3, -0.25) is 0 Å². The van der Waals surface area contributed by atoms with Crippen molar-refractivity contribution in [1.29, 1.82) is 0 Å². The van der Waals surface area contributed by atoms with Crippen LogP contribution in [0, 0.1) is 7.14 Å². The summed E-state index contributed by atoms with van der Waals surface area (Å²) in [6.45, 7) is 0. The van der Waals surface area contributed by atoms with Gasteiger partial charge in [0.05, 0.1) is 0 Å². The summed E-state index contributed by atoms with van der Waals surface area (Å²) in [6.07, 6.45) is 3.77. The zero-order valence-electron chi connectivity index (χ0n) is 28.5. The van der Waals surface area contributed by atoms with Crippen molar-refractivity contribution in [2.45, 2.75) is 0 Å². The van der Waals surface area contributed by atoms with Gasteiger partial charge in [-0.2, -0.15) is 0 Å². The van der Waals surface area contributed by atoms with Crippen molar-refractivity contribution in [2.24, 2.45) is 0 Å². The summed E-state index contributed by atoms with van der Waals surface area (Å²) in [5.74, 6) is 0.730. The van der Waals surface area contributed by atoms with E-state index in [9.17, 15) is 0 Å². The summed E-state index contributed by atoms with van der Waals surface area (Å²) in [4.78, 5) is 15.6. The summed E-state index contributed by atoms with van der Waals surface area (Å²) in [5.41, 5.74) is 9.93. The van der Waals surface area contributed by atoms with Crippen LogP contribution in [0.5, 0.6) is 0 Å². The Morgan fingerprint density at radius 3 is 1.62 bits per heavy atom. The number of benzene rings is 8. The molecule has 0 radical (unpaired) electrons. The van der Waals surface area contributed by atoms with Crippen LogP contribution in [0.4, 0.5) is 0 Å². The molecule has 3 heterocycles. The van der Waals surface area contributed by atoms with Crippen molar-refractivity contribution >= 4 is 43.1 Å². The second-order valence-corrected chi connectivity index (χ2v) is 16.3. The molecular formula is C49H29IN3-. The second-order valence-electron chi connectivity index (χ2n) is 13.6. The number of nitrogens with zero attached hydrogens (tertiary/aromatic N) is 3. The molecule has 4 heteroatoms. The van der Waals surface area contributed by atoms with E-state index in [-0.39, 0.29) is 0 Å². The Bertz CT molecular complexity index is 3100. The average molecular weight is 787 g/mol. The van der Waals surface area contributed by atoms with Gasteiger partial charge in [-0.05, 0) is 0 Å². The minimum atomic E-state index is -0.485. The van der Waals surface area contributed by atoms with Gasteiger partial charge < -0.3 is 0 Å². The van der Waals surface area contributed by atoms with Gasteiger partial charge in [0.15, 0.2) is 0 Å². The molecule has 248 valence electrons. The van der Waals surface area contributed by atoms with Gasteiger partial charge in [-0.1, -0.05) is 6.07 Å². The quantitative estimate of drug-likeness (QED) is 0.132. The van der Waals surface area contributed by atoms with Crippen LogP contribution in [-0.2, 0) is 0 Å². The Kier molecular flexibility index (Phi) is 6.98. The van der Waals surface area contributed by atoms with Crippen molar-refractivity contribution in [2.75, 3.05) is 0 Å². The van der Waals surface area contributed by atoms with E-state index in [1.807, 2.05) is 18.5 Å². The average Bonchev–Trinajstić information content (AvgIpc) is 3.62. The van der Waals surface area contributed by atoms with Gasteiger partial charge in [0, 0.05) is 0 Å². The molecule has 0 unspecified atom stereocenters. The third-order valence-corrected chi connectivity index (χ3v) is 13.5. The maximum absolute atomic E-state index is 5.61. The molecule has 11 rings (SSSR count). The van der Waals surface area contributed by atoms with E-state index in [4.69, 9.17) is 9.97 Å². The topological polar surface area (TPSA) is 38.7 Å². The summed E-state index contributed by atoms with van der Waals surface area (Å²) in [5, 5.41) is 9.87. The van der Waals surface area contributed by atoms with Crippen LogP contribution in [0.2, 0.25) is 0 Å². The first-order chi connectivity index (χ1) is 26.3. The van der Waals surface area contributed by atoms with Gasteiger partial charge in [0.2, 0.25) is 0 Å². The number of halogens is 1. The molecule has 3 nitrogen and oxygen atoms in total. The Labute approximate surface area is 316 Å². The molecule has 1 aliphatic heterocycles. The van der Waals surface area contributed by atoms with Crippen LogP contribution >= 0.6 is 0 Å². The molecule has 0 fully saturated rings. The molecule has 53 heavy (non-hydrogen) atoms. The fourth-order valence-electron chi connectivity index (χ4n) is 8.02. The molecule has 0 atom stereocenters. The Hall–Kier alpha value is -6.24. The summed E-state index contributed by atoms with van der Waals surface area (Å²) >= 11 is -0.485. The normalized spacial score (nSPS) is 12.2. The van der Waals surface area contributed by atoms with E-state index in [1.165, 1.54) is 61.4 Å². The molecule has 0 saturated carbocycles. The number of hydrogen-bond acceptors (Lipinski definition) is 3. The number of pyridine rings is 1. The first-order valence-electron chi connectivity index (χ1n) is 17.8. The molecule has 0 aliphatic carbocycles. The first-order valence-corrected chi connectivity index (χ1v) is 20.0. The summed E-state index contributed by atoms with van der Waals surface area (Å²) < 4.78 is 2.69. The number of aromatic nitrogens is 3. The fraction of sp³-hybridized carbons (Fsp3) is 0. The zero-order valence-corrected chi connectivity index (χ0v) is 30.6. The van der Waals surface area contributed by atoms with Crippen molar-refractivity contribution in [1.82, 2.24) is 15.0 Å². The van der Waals surface area contributed by atoms with Gasteiger partial charge >= 0.3 is 313 Å². The standard InChI is InChI=1S/C49H29IN3/c1-3-15-36-30(12-1)27-43(40-19-7-5-17-38(36)40)34-24-33(32-14-11-23-51-29-32)25-35(26-34)49-52-47-42-21-9-10-22-45(42)50-46(47)48(53-49)44-28-31-13-2-4-16-37(31)39-18-6-8-20-41(39)44/h1-29H/q-1. The van der Waals surface area contributed by atoms with Crippen molar-refractivity contribution in [3.05, 3.63) is 183 Å². The molecule has 1 aliphatic rings. The van der Waals surface area contributed by atoms with Gasteiger partial charge in [-0.25, -0.2) is 0 Å². The fourth-order valence-corrected chi connectivity index (χ4v) is 11.0. The summed E-state index contributed by atoms with van der Waals surface area (Å²) in [6, 6.07) is 59.3. The van der Waals surface area contributed by atoms with E-state index < -0.39 is 21.2 Å². The monoisotopic (exact) mass is 786 g/mol. The molecule has 10 aromatic rings. The molecule has 0 saturated heterocycles. The van der Waals surface area contributed by atoms with Crippen molar-refractivity contribution < 1.29 is 21.2 Å². The van der Waals surface area contributed by atoms with E-state index in [2.05, 4.69) is 163 Å². The SMILES string of the molecule is c1cncc(-c2cc(-c3nc4c(c(-c5cc6ccccc6c6ccccc56)n3)[I-]c3ccccc3-4)cc(-c3cc4ccccc4c4ccccc34)c2)c1. The second kappa shape index (κ2) is 12.2. The predicted molar refractivity (Wildman–Crippen MR) is 214 cm³/mol. The predicted octanol–water partition coefficient (Wildman–Crippen LogP) is 9.26. The van der Waals surface area contributed by atoms with Crippen LogP contribution in [0.15, 0.2) is 176 Å². The van der Waals surface area contributed by atoms with E-state index in [0.29, 0.717) is 0 Å². The van der Waals surface area contributed by atoms with Crippen LogP contribution < -0.4 is 21.2 Å². The number of fused-ring (bicyclic) bond motifs is 9. The minimum absolute atomic E-state index is 0.485. The van der Waals surface area contributed by atoms with Crippen molar-refractivity contribution in [3.8, 4) is 56.2 Å². The Morgan fingerprint density at radius 2 is 0.925 bits per heavy atom. The molecule has 0 spiro atoms. The Morgan fingerprint density at radius 1 is 0.377 bits per heavy atom. The van der Waals surface area contributed by atoms with E-state index in [0.717, 1.165) is 45.0 Å². The Balaban J connectivity index is 1.22. The molecule has 0 bridgehead atoms. The summed E-state index contributed by atoms with van der Waals surface area (Å²) in [7, 11) is 0. The van der Waals surface area contributed by atoms with Crippen LogP contribution in [0.3, 0.4) is 0 Å². The third-order valence-electron chi connectivity index (χ3n) is 10.5.